The van der Waals surface area contributed by atoms with E-state index in [0.29, 0.717) is 17.8 Å². The second-order valence-corrected chi connectivity index (χ2v) is 8.16. The molecule has 1 spiro atoms. The summed E-state index contributed by atoms with van der Waals surface area (Å²) in [6, 6.07) is 18.8. The quantitative estimate of drug-likeness (QED) is 0.388. The number of fused-ring (bicyclic) bond motifs is 2. The maximum atomic E-state index is 13.9. The van der Waals surface area contributed by atoms with Gasteiger partial charge in [0, 0.05) is 42.0 Å². The minimum Gasteiger partial charge on any atom is -0.324 e. The lowest BCUT2D eigenvalue weighted by molar-refractivity contribution is -0.384. The number of anilines is 1. The zero-order valence-electron chi connectivity index (χ0n) is 17.3. The second-order valence-electron chi connectivity index (χ2n) is 8.16. The van der Waals surface area contributed by atoms with E-state index in [4.69, 9.17) is 0 Å². The van der Waals surface area contributed by atoms with E-state index in [0.717, 1.165) is 5.56 Å². The molecule has 1 fully saturated rings. The van der Waals surface area contributed by atoms with Crippen molar-refractivity contribution in [2.24, 2.45) is 5.92 Å². The van der Waals surface area contributed by atoms with Gasteiger partial charge in [-0.25, -0.2) is 0 Å². The number of nitrogens with one attached hydrogen (secondary N) is 1. The predicted octanol–water partition coefficient (Wildman–Crippen LogP) is 3.37. The summed E-state index contributed by atoms with van der Waals surface area (Å²) in [6.45, 7) is 0.381. The van der Waals surface area contributed by atoms with Crippen molar-refractivity contribution in [1.29, 1.82) is 0 Å². The van der Waals surface area contributed by atoms with Gasteiger partial charge < -0.3 is 5.32 Å². The van der Waals surface area contributed by atoms with Gasteiger partial charge in [-0.3, -0.25) is 29.6 Å². The molecule has 0 radical (unpaired) electrons. The fourth-order valence-electron chi connectivity index (χ4n) is 5.23. The number of hydrogen-bond acceptors (Lipinski definition) is 6. The van der Waals surface area contributed by atoms with Gasteiger partial charge in [-0.1, -0.05) is 36.4 Å². The highest BCUT2D eigenvalue weighted by molar-refractivity contribution is 6.11. The van der Waals surface area contributed by atoms with Crippen LogP contribution in [0.1, 0.15) is 27.5 Å². The van der Waals surface area contributed by atoms with Gasteiger partial charge in [0.2, 0.25) is 5.91 Å². The van der Waals surface area contributed by atoms with E-state index in [-0.39, 0.29) is 23.1 Å². The summed E-state index contributed by atoms with van der Waals surface area (Å²) in [5.41, 5.74) is 1.03. The summed E-state index contributed by atoms with van der Waals surface area (Å²) < 4.78 is 0. The van der Waals surface area contributed by atoms with E-state index in [2.05, 4.69) is 10.3 Å². The number of nitro benzene ring substituents is 1. The Morgan fingerprint density at radius 2 is 1.94 bits per heavy atom. The van der Waals surface area contributed by atoms with Crippen LogP contribution in [0.2, 0.25) is 0 Å². The Hall–Kier alpha value is -3.91. The van der Waals surface area contributed by atoms with Crippen LogP contribution in [0.15, 0.2) is 72.9 Å². The second kappa shape index (κ2) is 7.35. The number of aromatic nitrogens is 1. The van der Waals surface area contributed by atoms with Crippen LogP contribution in [0.5, 0.6) is 0 Å². The van der Waals surface area contributed by atoms with Crippen molar-refractivity contribution >= 4 is 23.1 Å². The fourth-order valence-corrected chi connectivity index (χ4v) is 5.23. The molecule has 3 aromatic rings. The number of carbonyl (C=O) groups excluding carboxylic acids is 2. The lowest BCUT2D eigenvalue weighted by Crippen LogP contribution is -2.51. The van der Waals surface area contributed by atoms with E-state index >= 15 is 0 Å². The summed E-state index contributed by atoms with van der Waals surface area (Å²) in [6.07, 6.45) is 1.55. The van der Waals surface area contributed by atoms with E-state index in [1.807, 2.05) is 36.2 Å². The number of pyridine rings is 1. The molecule has 3 atom stereocenters. The van der Waals surface area contributed by atoms with E-state index in [1.165, 1.54) is 12.1 Å². The Balaban J connectivity index is 1.73. The number of Topliss-reactive ketones (excluding diaryl/α,β-unsaturated/α-hetero) is 1. The Morgan fingerprint density at radius 1 is 1.16 bits per heavy atom. The lowest BCUT2D eigenvalue weighted by atomic mass is 9.71. The van der Waals surface area contributed by atoms with Crippen LogP contribution in [0.4, 0.5) is 11.4 Å². The third-order valence-corrected chi connectivity index (χ3v) is 6.57. The van der Waals surface area contributed by atoms with Crippen LogP contribution < -0.4 is 5.32 Å². The first kappa shape index (κ1) is 20.0. The molecule has 5 rings (SSSR count). The highest BCUT2D eigenvalue weighted by atomic mass is 16.6. The summed E-state index contributed by atoms with van der Waals surface area (Å²) in [7, 11) is 1.82. The van der Waals surface area contributed by atoms with Crippen molar-refractivity contribution in [3.05, 3.63) is 99.9 Å². The number of benzene rings is 2. The number of likely N-dealkylation sites (N-methyl/N-ethyl adjacent to an activating group) is 1. The van der Waals surface area contributed by atoms with Crippen LogP contribution in [0, 0.1) is 16.0 Å². The van der Waals surface area contributed by atoms with E-state index in [1.54, 1.807) is 36.5 Å². The largest absolute Gasteiger partial charge is 0.324 e. The zero-order valence-corrected chi connectivity index (χ0v) is 17.3. The SMILES string of the molecule is CN1C[C@H](c2cccc([N+](=O)[O-])c2)[C@@H](C(=O)c2ccccn2)[C@@]12C(=O)Nc1ccccc12. The highest BCUT2D eigenvalue weighted by Crippen LogP contribution is 2.55. The normalized spacial score (nSPS) is 24.3. The standard InChI is InChI=1S/C24H20N4O4/c1-27-14-17(15-7-6-8-16(13-15)28(31)32)21(22(29)20-11-4-5-12-25-20)24(27)18-9-2-3-10-19(18)26-23(24)30/h2-13,17,21H,14H2,1H3,(H,26,30)/t17-,21+,24+/m1/s1. The first-order valence-electron chi connectivity index (χ1n) is 10.3. The number of non-ortho nitro benzene ring substituents is 1. The minimum atomic E-state index is -1.24. The van der Waals surface area contributed by atoms with Crippen LogP contribution in [0.25, 0.3) is 0 Å². The number of likely N-dealkylation sites (tertiary alicyclic amines) is 1. The molecule has 8 heteroatoms. The van der Waals surface area contributed by atoms with E-state index in [9.17, 15) is 19.7 Å². The molecule has 32 heavy (non-hydrogen) atoms. The first-order chi connectivity index (χ1) is 15.4. The van der Waals surface area contributed by atoms with Crippen LogP contribution >= 0.6 is 0 Å². The Labute approximate surface area is 184 Å². The summed E-state index contributed by atoms with van der Waals surface area (Å²) >= 11 is 0. The number of hydrogen-bond donors (Lipinski definition) is 1. The molecular formula is C24H20N4O4. The molecule has 1 aromatic heterocycles. The van der Waals surface area contributed by atoms with Crippen molar-refractivity contribution in [1.82, 2.24) is 9.88 Å². The summed E-state index contributed by atoms with van der Waals surface area (Å²) in [5, 5.41) is 14.3. The smallest absolute Gasteiger partial charge is 0.269 e. The molecule has 8 nitrogen and oxygen atoms in total. The number of para-hydroxylation sites is 1. The molecule has 1 saturated heterocycles. The number of rotatable bonds is 4. The van der Waals surface area contributed by atoms with Gasteiger partial charge in [0.15, 0.2) is 5.78 Å². The Morgan fingerprint density at radius 3 is 2.69 bits per heavy atom. The monoisotopic (exact) mass is 428 g/mol. The maximum absolute atomic E-state index is 13.9. The third-order valence-electron chi connectivity index (χ3n) is 6.57. The number of nitro groups is 1. The molecule has 160 valence electrons. The maximum Gasteiger partial charge on any atom is 0.269 e. The van der Waals surface area contributed by atoms with Gasteiger partial charge in [-0.05, 0) is 30.8 Å². The zero-order chi connectivity index (χ0) is 22.5. The molecule has 0 unspecified atom stereocenters. The van der Waals surface area contributed by atoms with Crippen molar-refractivity contribution in [2.75, 3.05) is 18.9 Å². The van der Waals surface area contributed by atoms with Gasteiger partial charge in [0.25, 0.3) is 5.69 Å². The lowest BCUT2D eigenvalue weighted by Gasteiger charge is -2.35. The fraction of sp³-hybridized carbons (Fsp3) is 0.208. The highest BCUT2D eigenvalue weighted by Gasteiger charge is 2.64. The number of amides is 1. The molecular weight excluding hydrogens is 408 g/mol. The van der Waals surface area contributed by atoms with Crippen LogP contribution in [-0.4, -0.2) is 40.1 Å². The van der Waals surface area contributed by atoms with Gasteiger partial charge in [-0.2, -0.15) is 0 Å². The minimum absolute atomic E-state index is 0.0496. The van der Waals surface area contributed by atoms with Crippen molar-refractivity contribution in [3.8, 4) is 0 Å². The van der Waals surface area contributed by atoms with Crippen molar-refractivity contribution in [3.63, 3.8) is 0 Å². The molecule has 2 aliphatic heterocycles. The van der Waals surface area contributed by atoms with Gasteiger partial charge in [-0.15, -0.1) is 0 Å². The molecule has 0 saturated carbocycles. The molecule has 3 heterocycles. The average Bonchev–Trinajstić information content (AvgIpc) is 3.29. The van der Waals surface area contributed by atoms with Gasteiger partial charge >= 0.3 is 0 Å². The topological polar surface area (TPSA) is 105 Å². The molecule has 2 aromatic carbocycles. The van der Waals surface area contributed by atoms with Crippen LogP contribution in [0.3, 0.4) is 0 Å². The Bertz CT molecular complexity index is 1250. The van der Waals surface area contributed by atoms with Crippen molar-refractivity contribution in [2.45, 2.75) is 11.5 Å². The molecule has 1 amide bonds. The number of carbonyl (C=O) groups is 2. The third kappa shape index (κ3) is 2.76. The first-order valence-corrected chi connectivity index (χ1v) is 10.3. The molecule has 0 aliphatic carbocycles. The van der Waals surface area contributed by atoms with E-state index < -0.39 is 22.3 Å². The van der Waals surface area contributed by atoms with Crippen molar-refractivity contribution < 1.29 is 14.5 Å². The van der Waals surface area contributed by atoms with Gasteiger partial charge in [0.05, 0.1) is 10.8 Å². The van der Waals surface area contributed by atoms with Gasteiger partial charge in [0.1, 0.15) is 11.2 Å². The molecule has 2 aliphatic rings. The number of nitrogens with zero attached hydrogens (tertiary/aromatic N) is 3. The Kier molecular flexibility index (Phi) is 4.60. The predicted molar refractivity (Wildman–Crippen MR) is 117 cm³/mol. The van der Waals surface area contributed by atoms with Crippen LogP contribution in [-0.2, 0) is 10.3 Å². The summed E-state index contributed by atoms with van der Waals surface area (Å²) in [4.78, 5) is 44.5. The number of ketones is 1. The molecule has 0 bridgehead atoms. The average molecular weight is 428 g/mol. The molecule has 1 N–H and O–H groups in total. The summed E-state index contributed by atoms with van der Waals surface area (Å²) in [5.74, 6) is -1.79.